The van der Waals surface area contributed by atoms with Crippen LogP contribution in [-0.4, -0.2) is 12.4 Å². The van der Waals surface area contributed by atoms with E-state index in [1.807, 2.05) is 0 Å². The first-order chi connectivity index (χ1) is 9.01. The maximum Gasteiger partial charge on any atom is 0.573 e. The molecule has 5 heteroatoms. The van der Waals surface area contributed by atoms with E-state index in [1.165, 1.54) is 37.8 Å². The Morgan fingerprint density at radius 2 is 1.53 bits per heavy atom. The van der Waals surface area contributed by atoms with Crippen LogP contribution in [0.25, 0.3) is 0 Å². The molecule has 1 aromatic carbocycles. The van der Waals surface area contributed by atoms with Crippen LogP contribution in [0.2, 0.25) is 0 Å². The number of alkyl halides is 3. The number of hydrogen-bond acceptors (Lipinski definition) is 2. The Balaban J connectivity index is 1.61. The molecule has 0 heterocycles. The first-order valence-electron chi connectivity index (χ1n) is 6.63. The summed E-state index contributed by atoms with van der Waals surface area (Å²) in [6.07, 6.45) is 0.444. The van der Waals surface area contributed by atoms with Gasteiger partial charge in [0.1, 0.15) is 5.75 Å². The van der Waals surface area contributed by atoms with Crippen LogP contribution < -0.4 is 10.1 Å². The Morgan fingerprint density at radius 1 is 1.00 bits per heavy atom. The quantitative estimate of drug-likeness (QED) is 0.867. The zero-order valence-electron chi connectivity index (χ0n) is 10.4. The lowest BCUT2D eigenvalue weighted by atomic mass is 10.1. The normalized spacial score (nSPS) is 19.6. The highest BCUT2D eigenvalue weighted by atomic mass is 19.4. The molecule has 1 aromatic rings. The van der Waals surface area contributed by atoms with Crippen molar-refractivity contribution in [2.75, 3.05) is 5.32 Å². The number of benzene rings is 1. The van der Waals surface area contributed by atoms with Gasteiger partial charge >= 0.3 is 6.36 Å². The SMILES string of the molecule is FC(F)(F)Oc1ccc(NC(C2CC2)C2CC2)cc1. The molecule has 0 aliphatic heterocycles. The van der Waals surface area contributed by atoms with E-state index >= 15 is 0 Å². The minimum Gasteiger partial charge on any atom is -0.406 e. The van der Waals surface area contributed by atoms with Crippen LogP contribution in [0.1, 0.15) is 25.7 Å². The zero-order chi connectivity index (χ0) is 13.5. The minimum absolute atomic E-state index is 0.174. The maximum atomic E-state index is 12.0. The summed E-state index contributed by atoms with van der Waals surface area (Å²) < 4.78 is 40.0. The monoisotopic (exact) mass is 271 g/mol. The van der Waals surface area contributed by atoms with Crippen LogP contribution in [0, 0.1) is 11.8 Å². The molecule has 0 unspecified atom stereocenters. The predicted molar refractivity (Wildman–Crippen MR) is 66.0 cm³/mol. The molecular weight excluding hydrogens is 255 g/mol. The molecule has 2 aliphatic rings. The molecular formula is C14H16F3NO. The molecule has 2 saturated carbocycles. The van der Waals surface area contributed by atoms with Gasteiger partial charge < -0.3 is 10.1 Å². The summed E-state index contributed by atoms with van der Waals surface area (Å²) in [7, 11) is 0. The molecule has 2 nitrogen and oxygen atoms in total. The van der Waals surface area contributed by atoms with Crippen molar-refractivity contribution in [3.05, 3.63) is 24.3 Å². The molecule has 0 atom stereocenters. The van der Waals surface area contributed by atoms with Crippen molar-refractivity contribution in [2.24, 2.45) is 11.8 Å². The average Bonchev–Trinajstić information content (AvgIpc) is 3.19. The summed E-state index contributed by atoms with van der Waals surface area (Å²) in [5, 5.41) is 3.46. The standard InChI is InChI=1S/C14H16F3NO/c15-14(16,17)19-12-7-5-11(6-8-12)18-13(9-1-2-9)10-3-4-10/h5-10,13,18H,1-4H2. The summed E-state index contributed by atoms with van der Waals surface area (Å²) in [5.41, 5.74) is 0.873. The van der Waals surface area contributed by atoms with Crippen LogP contribution in [-0.2, 0) is 0 Å². The van der Waals surface area contributed by atoms with E-state index in [-0.39, 0.29) is 5.75 Å². The predicted octanol–water partition coefficient (Wildman–Crippen LogP) is 4.19. The van der Waals surface area contributed by atoms with Crippen molar-refractivity contribution in [1.82, 2.24) is 0 Å². The van der Waals surface area contributed by atoms with Crippen LogP contribution >= 0.6 is 0 Å². The molecule has 2 fully saturated rings. The Morgan fingerprint density at radius 3 is 1.95 bits per heavy atom. The number of ether oxygens (including phenoxy) is 1. The number of rotatable bonds is 5. The van der Waals surface area contributed by atoms with Gasteiger partial charge in [0.15, 0.2) is 0 Å². The summed E-state index contributed by atoms with van der Waals surface area (Å²) in [6, 6.07) is 6.51. The molecule has 0 bridgehead atoms. The topological polar surface area (TPSA) is 21.3 Å². The van der Waals surface area contributed by atoms with Gasteiger partial charge in [-0.05, 0) is 61.8 Å². The van der Waals surface area contributed by atoms with E-state index in [0.717, 1.165) is 17.5 Å². The highest BCUT2D eigenvalue weighted by Gasteiger charge is 2.41. The first kappa shape index (κ1) is 12.6. The van der Waals surface area contributed by atoms with Gasteiger partial charge in [-0.3, -0.25) is 0 Å². The maximum absolute atomic E-state index is 12.0. The second-order valence-corrected chi connectivity index (χ2v) is 5.42. The molecule has 0 saturated heterocycles. The van der Waals surface area contributed by atoms with E-state index in [1.54, 1.807) is 12.1 Å². The van der Waals surface area contributed by atoms with Crippen LogP contribution in [0.5, 0.6) is 5.75 Å². The van der Waals surface area contributed by atoms with Crippen molar-refractivity contribution in [3.63, 3.8) is 0 Å². The van der Waals surface area contributed by atoms with Gasteiger partial charge in [0.2, 0.25) is 0 Å². The Hall–Kier alpha value is -1.39. The molecule has 0 radical (unpaired) electrons. The third-order valence-corrected chi connectivity index (χ3v) is 3.68. The van der Waals surface area contributed by atoms with Gasteiger partial charge in [-0.25, -0.2) is 0 Å². The number of hydrogen-bond donors (Lipinski definition) is 1. The Kier molecular flexibility index (Phi) is 3.07. The second-order valence-electron chi connectivity index (χ2n) is 5.42. The van der Waals surface area contributed by atoms with E-state index in [2.05, 4.69) is 10.1 Å². The molecule has 1 N–H and O–H groups in total. The van der Waals surface area contributed by atoms with Crippen molar-refractivity contribution < 1.29 is 17.9 Å². The van der Waals surface area contributed by atoms with Crippen molar-refractivity contribution in [1.29, 1.82) is 0 Å². The summed E-state index contributed by atoms with van der Waals surface area (Å²) in [4.78, 5) is 0. The lowest BCUT2D eigenvalue weighted by Crippen LogP contribution is -2.24. The first-order valence-corrected chi connectivity index (χ1v) is 6.63. The fourth-order valence-electron chi connectivity index (χ4n) is 2.48. The molecule has 0 aromatic heterocycles. The van der Waals surface area contributed by atoms with E-state index in [4.69, 9.17) is 0 Å². The third-order valence-electron chi connectivity index (χ3n) is 3.68. The number of nitrogens with one attached hydrogen (secondary N) is 1. The van der Waals surface area contributed by atoms with E-state index < -0.39 is 6.36 Å². The zero-order valence-corrected chi connectivity index (χ0v) is 10.4. The third kappa shape index (κ3) is 3.55. The van der Waals surface area contributed by atoms with Crippen LogP contribution in [0.3, 0.4) is 0 Å². The van der Waals surface area contributed by atoms with Gasteiger partial charge in [-0.15, -0.1) is 13.2 Å². The Labute approximate surface area is 109 Å². The lowest BCUT2D eigenvalue weighted by molar-refractivity contribution is -0.274. The minimum atomic E-state index is -4.63. The highest BCUT2D eigenvalue weighted by molar-refractivity contribution is 5.47. The van der Waals surface area contributed by atoms with Gasteiger partial charge in [0.05, 0.1) is 0 Å². The van der Waals surface area contributed by atoms with Gasteiger partial charge in [0, 0.05) is 11.7 Å². The fraction of sp³-hybridized carbons (Fsp3) is 0.571. The molecule has 3 rings (SSSR count). The van der Waals surface area contributed by atoms with Gasteiger partial charge in [0.25, 0.3) is 0 Å². The Bertz CT molecular complexity index is 423. The summed E-state index contributed by atoms with van der Waals surface area (Å²) >= 11 is 0. The van der Waals surface area contributed by atoms with E-state index in [0.29, 0.717) is 6.04 Å². The number of halogens is 3. The summed E-state index contributed by atoms with van der Waals surface area (Å²) in [5.74, 6) is 1.32. The van der Waals surface area contributed by atoms with E-state index in [9.17, 15) is 13.2 Å². The average molecular weight is 271 g/mol. The smallest absolute Gasteiger partial charge is 0.406 e. The van der Waals surface area contributed by atoms with Crippen LogP contribution in [0.15, 0.2) is 24.3 Å². The second kappa shape index (κ2) is 4.62. The molecule has 0 spiro atoms. The lowest BCUT2D eigenvalue weighted by Gasteiger charge is -2.19. The molecule has 0 amide bonds. The highest BCUT2D eigenvalue weighted by Crippen LogP contribution is 2.45. The fourth-order valence-corrected chi connectivity index (χ4v) is 2.48. The molecule has 104 valence electrons. The van der Waals surface area contributed by atoms with Crippen molar-refractivity contribution in [3.8, 4) is 5.75 Å². The van der Waals surface area contributed by atoms with Crippen molar-refractivity contribution in [2.45, 2.75) is 38.1 Å². The number of anilines is 1. The largest absolute Gasteiger partial charge is 0.573 e. The molecule has 19 heavy (non-hydrogen) atoms. The molecule has 2 aliphatic carbocycles. The van der Waals surface area contributed by atoms with Crippen molar-refractivity contribution >= 4 is 5.69 Å². The van der Waals surface area contributed by atoms with Gasteiger partial charge in [-0.1, -0.05) is 0 Å². The summed E-state index contributed by atoms with van der Waals surface area (Å²) in [6.45, 7) is 0. The van der Waals surface area contributed by atoms with Crippen LogP contribution in [0.4, 0.5) is 18.9 Å². The van der Waals surface area contributed by atoms with Gasteiger partial charge in [-0.2, -0.15) is 0 Å².